The molecule has 0 aromatic carbocycles. The number of hydrogen-bond acceptors (Lipinski definition) is 13. The van der Waals surface area contributed by atoms with Crippen LogP contribution >= 0.6 is 0 Å². The van der Waals surface area contributed by atoms with Crippen LogP contribution in [0.15, 0.2) is 12.7 Å². The van der Waals surface area contributed by atoms with Crippen LogP contribution in [-0.4, -0.2) is 131 Å². The Morgan fingerprint density at radius 1 is 0.718 bits per heavy atom. The summed E-state index contributed by atoms with van der Waals surface area (Å²) in [4.78, 5) is 112. The maximum absolute atomic E-state index is 14.5. The van der Waals surface area contributed by atoms with Gasteiger partial charge >= 0.3 is 25.2 Å². The van der Waals surface area contributed by atoms with E-state index in [4.69, 9.17) is 23.5 Å². The Morgan fingerprint density at radius 3 is 1.83 bits per heavy atom. The van der Waals surface area contributed by atoms with Crippen molar-refractivity contribution in [1.82, 2.24) is 31.5 Å². The van der Waals surface area contributed by atoms with Crippen molar-refractivity contribution in [3.63, 3.8) is 0 Å². The van der Waals surface area contributed by atoms with Gasteiger partial charge in [-0.25, -0.2) is 4.79 Å². The van der Waals surface area contributed by atoms with Crippen molar-refractivity contribution in [1.29, 1.82) is 0 Å². The van der Waals surface area contributed by atoms with Gasteiger partial charge in [0.05, 0.1) is 24.1 Å². The van der Waals surface area contributed by atoms with E-state index in [1.807, 2.05) is 0 Å². The molecule has 20 heteroatoms. The number of carbonyl (C=O) groups excluding carboxylic acids is 8. The molecule has 5 N–H and O–H groups in total. The molecule has 6 amide bonds. The molecule has 10 atom stereocenters. The SMILES string of the molecule is C=CC[C@H](NC(=O)[C@@H]1CCCN1C(=O)[C@@H](NC(=O)[C@@H](NC(=O)[C@H](CCC(=O)OC(C)(C)C)NC(=O)[C@H](CC(=O)OC(C)(C)C)NC(=O)OC(C)(C)C)C(C)C)C(C)C)B1OC2C3CCC(C3(C)C)[C@]2(C)O1. The summed E-state index contributed by atoms with van der Waals surface area (Å²) in [6, 6.07) is -6.28. The fourth-order valence-corrected chi connectivity index (χ4v) is 10.6. The minimum absolute atomic E-state index is 0.0812. The predicted molar refractivity (Wildman–Crippen MR) is 266 cm³/mol. The topological polar surface area (TPSA) is 246 Å². The number of fused-ring (bicyclic) bond motifs is 5. The van der Waals surface area contributed by atoms with E-state index in [2.05, 4.69) is 53.9 Å². The van der Waals surface area contributed by atoms with E-state index < -0.39 is 126 Å². The molecule has 0 spiro atoms. The van der Waals surface area contributed by atoms with E-state index in [9.17, 15) is 38.4 Å². The first-order valence-corrected chi connectivity index (χ1v) is 25.5. The number of carbonyl (C=O) groups is 8. The molecule has 2 saturated heterocycles. The predicted octanol–water partition coefficient (Wildman–Crippen LogP) is 4.82. The highest BCUT2D eigenvalue weighted by Crippen LogP contribution is 2.66. The van der Waals surface area contributed by atoms with Crippen LogP contribution in [0.2, 0.25) is 0 Å². The molecule has 2 bridgehead atoms. The summed E-state index contributed by atoms with van der Waals surface area (Å²) in [6.45, 7) is 32.5. The molecule has 2 aliphatic carbocycles. The Morgan fingerprint density at radius 2 is 1.28 bits per heavy atom. The molecule has 400 valence electrons. The number of alkyl carbamates (subject to hydrolysis) is 1. The van der Waals surface area contributed by atoms with Gasteiger partial charge in [-0.05, 0) is 137 Å². The average molecular weight is 1000 g/mol. The van der Waals surface area contributed by atoms with Crippen molar-refractivity contribution in [3.8, 4) is 0 Å². The molecule has 2 heterocycles. The molecule has 2 aliphatic heterocycles. The largest absolute Gasteiger partial charge is 0.482 e. The average Bonchev–Trinajstić information content (AvgIpc) is 3.95. The van der Waals surface area contributed by atoms with Gasteiger partial charge in [0.1, 0.15) is 47.0 Å². The van der Waals surface area contributed by atoms with Crippen molar-refractivity contribution < 1.29 is 61.9 Å². The first kappa shape index (κ1) is 58.9. The number of hydrogen-bond donors (Lipinski definition) is 5. The third kappa shape index (κ3) is 15.4. The Labute approximate surface area is 422 Å². The van der Waals surface area contributed by atoms with E-state index in [1.54, 1.807) is 96.1 Å². The number of esters is 2. The Balaban J connectivity index is 1.51. The Kier molecular flexibility index (Phi) is 19.1. The number of rotatable bonds is 20. The van der Waals surface area contributed by atoms with Crippen molar-refractivity contribution in [2.45, 2.75) is 227 Å². The quantitative estimate of drug-likeness (QED) is 0.0476. The lowest BCUT2D eigenvalue weighted by Crippen LogP contribution is -2.61. The van der Waals surface area contributed by atoms with Crippen molar-refractivity contribution in [3.05, 3.63) is 12.7 Å². The highest BCUT2D eigenvalue weighted by Gasteiger charge is 2.71. The minimum Gasteiger partial charge on any atom is -0.460 e. The van der Waals surface area contributed by atoms with E-state index in [-0.39, 0.29) is 36.8 Å². The third-order valence-electron chi connectivity index (χ3n) is 13.8. The first-order valence-electron chi connectivity index (χ1n) is 25.5. The standard InChI is InChI=1S/C51H85BN6O13/c1-18-20-35(52-70-40-30-22-24-34(50(30,15)16)51(40,17)71-52)55-43(63)33-21-19-26-58(33)45(65)39(29(4)5)57-44(64)38(28(2)3)56-41(61)31(23-25-36(59)67-47(6,7)8)53-42(62)32(27-37(60)68-48(9,10)11)54-46(66)69-49(12,13)14/h18,28-35,38-40H,1,19-27H2,2-17H3,(H,53,62)(H,54,66)(H,55,63)(H,56,61)(H,57,64)/t30?,31-,32-,33-,34?,35-,38-,39-,40?,51-/m0/s1. The molecule has 0 aromatic rings. The summed E-state index contributed by atoms with van der Waals surface area (Å²) in [6.07, 6.45) is 2.77. The number of nitrogens with one attached hydrogen (secondary N) is 5. The summed E-state index contributed by atoms with van der Waals surface area (Å²) < 4.78 is 29.5. The molecule has 0 aromatic heterocycles. The fraction of sp³-hybridized carbons (Fsp3) is 0.804. The molecule has 2 saturated carbocycles. The summed E-state index contributed by atoms with van der Waals surface area (Å²) in [5.41, 5.74) is -3.15. The second kappa shape index (κ2) is 23.0. The molecule has 0 radical (unpaired) electrons. The zero-order chi connectivity index (χ0) is 53.8. The van der Waals surface area contributed by atoms with Gasteiger partial charge in [0.25, 0.3) is 0 Å². The lowest BCUT2D eigenvalue weighted by molar-refractivity contribution is -0.156. The summed E-state index contributed by atoms with van der Waals surface area (Å²) >= 11 is 0. The maximum Gasteiger partial charge on any atom is 0.482 e. The number of amides is 6. The van der Waals surface area contributed by atoms with Crippen LogP contribution in [0.5, 0.6) is 0 Å². The molecule has 4 rings (SSSR count). The van der Waals surface area contributed by atoms with E-state index >= 15 is 0 Å². The Hall–Kier alpha value is -4.72. The third-order valence-corrected chi connectivity index (χ3v) is 13.8. The van der Waals surface area contributed by atoms with Crippen LogP contribution < -0.4 is 26.6 Å². The van der Waals surface area contributed by atoms with Crippen LogP contribution in [0.25, 0.3) is 0 Å². The van der Waals surface area contributed by atoms with Crippen molar-refractivity contribution >= 4 is 54.7 Å². The zero-order valence-corrected chi connectivity index (χ0v) is 45.3. The Bertz CT molecular complexity index is 1960. The molecule has 4 aliphatic rings. The van der Waals surface area contributed by atoms with Crippen molar-refractivity contribution in [2.75, 3.05) is 6.54 Å². The van der Waals surface area contributed by atoms with Gasteiger partial charge in [-0.2, -0.15) is 0 Å². The number of nitrogens with zero attached hydrogens (tertiary/aromatic N) is 1. The minimum atomic E-state index is -1.59. The van der Waals surface area contributed by atoms with E-state index in [1.165, 1.54) is 4.90 Å². The van der Waals surface area contributed by atoms with E-state index in [0.717, 1.165) is 12.8 Å². The zero-order valence-electron chi connectivity index (χ0n) is 45.3. The molecule has 4 fully saturated rings. The van der Waals surface area contributed by atoms with Crippen LogP contribution in [0.4, 0.5) is 4.79 Å². The lowest BCUT2D eigenvalue weighted by Gasteiger charge is -2.35. The molecule has 3 unspecified atom stereocenters. The van der Waals surface area contributed by atoms with Crippen LogP contribution in [0.1, 0.15) is 162 Å². The van der Waals surface area contributed by atoms with Crippen LogP contribution in [0, 0.1) is 29.1 Å². The van der Waals surface area contributed by atoms with Gasteiger partial charge in [-0.1, -0.05) is 47.6 Å². The second-order valence-corrected chi connectivity index (χ2v) is 24.2. The van der Waals surface area contributed by atoms with Gasteiger partial charge in [-0.15, -0.1) is 6.58 Å². The monoisotopic (exact) mass is 1000 g/mol. The fourth-order valence-electron chi connectivity index (χ4n) is 10.6. The summed E-state index contributed by atoms with van der Waals surface area (Å²) in [5, 5.41) is 13.6. The van der Waals surface area contributed by atoms with Crippen LogP contribution in [0.3, 0.4) is 0 Å². The number of ether oxygens (including phenoxy) is 3. The van der Waals surface area contributed by atoms with Gasteiger partial charge in [0.2, 0.25) is 29.5 Å². The first-order chi connectivity index (χ1) is 32.6. The summed E-state index contributed by atoms with van der Waals surface area (Å²) in [5.74, 6) is -5.78. The highest BCUT2D eigenvalue weighted by molar-refractivity contribution is 6.48. The summed E-state index contributed by atoms with van der Waals surface area (Å²) in [7, 11) is -0.694. The van der Waals surface area contributed by atoms with Gasteiger partial charge in [-0.3, -0.25) is 33.6 Å². The lowest BCUT2D eigenvalue weighted by atomic mass is 9.74. The van der Waals surface area contributed by atoms with Gasteiger partial charge in [0, 0.05) is 13.0 Å². The van der Waals surface area contributed by atoms with Crippen LogP contribution in [-0.2, 0) is 57.1 Å². The van der Waals surface area contributed by atoms with Gasteiger partial charge < -0.3 is 55.0 Å². The second-order valence-electron chi connectivity index (χ2n) is 24.2. The number of likely N-dealkylation sites (tertiary alicyclic amines) is 1. The van der Waals surface area contributed by atoms with Gasteiger partial charge in [0.15, 0.2) is 0 Å². The highest BCUT2D eigenvalue weighted by atomic mass is 16.7. The molecular formula is C51H85BN6O13. The smallest absolute Gasteiger partial charge is 0.460 e. The molecule has 71 heavy (non-hydrogen) atoms. The molecule has 19 nitrogen and oxygen atoms in total. The maximum atomic E-state index is 14.5. The normalized spacial score (nSPS) is 24.8. The molecular weight excluding hydrogens is 915 g/mol. The van der Waals surface area contributed by atoms with E-state index in [0.29, 0.717) is 31.1 Å². The van der Waals surface area contributed by atoms with Crippen molar-refractivity contribution in [2.24, 2.45) is 29.1 Å².